The largest absolute Gasteiger partial charge is 0.451 e. The maximum atomic E-state index is 12.9. The van der Waals surface area contributed by atoms with Gasteiger partial charge in [-0.1, -0.05) is 30.0 Å². The second kappa shape index (κ2) is 8.75. The molecule has 9 nitrogen and oxygen atoms in total. The number of rotatable bonds is 5. The van der Waals surface area contributed by atoms with E-state index in [2.05, 4.69) is 25.5 Å². The van der Waals surface area contributed by atoms with E-state index in [4.69, 9.17) is 4.42 Å². The molecule has 1 aromatic carbocycles. The molecule has 5 rings (SSSR count). The number of para-hydroxylation sites is 1. The monoisotopic (exact) mass is 468 g/mol. The third kappa shape index (κ3) is 4.13. The number of hydrogen-bond acceptors (Lipinski definition) is 8. The zero-order valence-corrected chi connectivity index (χ0v) is 18.8. The van der Waals surface area contributed by atoms with Gasteiger partial charge in [0, 0.05) is 29.8 Å². The lowest BCUT2D eigenvalue weighted by Crippen LogP contribution is -2.37. The molecule has 4 heterocycles. The van der Waals surface area contributed by atoms with Crippen molar-refractivity contribution in [3.63, 3.8) is 0 Å². The molecule has 0 aliphatic carbocycles. The summed E-state index contributed by atoms with van der Waals surface area (Å²) in [7, 11) is 0. The number of hydrogen-bond donors (Lipinski definition) is 2. The highest BCUT2D eigenvalue weighted by Gasteiger charge is 2.28. The van der Waals surface area contributed by atoms with Crippen LogP contribution < -0.4 is 5.32 Å². The summed E-state index contributed by atoms with van der Waals surface area (Å²) in [6.45, 7) is 1.24. The fourth-order valence-electron chi connectivity index (χ4n) is 3.72. The predicted molar refractivity (Wildman–Crippen MR) is 122 cm³/mol. The summed E-state index contributed by atoms with van der Waals surface area (Å²) in [5.41, 5.74) is 1.07. The molecule has 2 N–H and O–H groups in total. The van der Waals surface area contributed by atoms with Crippen LogP contribution in [-0.2, 0) is 0 Å². The molecule has 0 spiro atoms. The predicted octanol–water partition coefficient (Wildman–Crippen LogP) is 4.00. The van der Waals surface area contributed by atoms with E-state index in [0.717, 1.165) is 23.2 Å². The third-order valence-corrected chi connectivity index (χ3v) is 6.96. The van der Waals surface area contributed by atoms with Crippen LogP contribution in [-0.4, -0.2) is 56.2 Å². The number of amides is 2. The number of carbonyl (C=O) groups is 2. The number of thioether (sulfide) groups is 1. The Morgan fingerprint density at radius 3 is 2.81 bits per heavy atom. The molecule has 4 aromatic rings. The number of anilines is 1. The van der Waals surface area contributed by atoms with Gasteiger partial charge in [0.05, 0.1) is 5.01 Å². The number of benzene rings is 1. The van der Waals surface area contributed by atoms with E-state index < -0.39 is 0 Å². The van der Waals surface area contributed by atoms with E-state index in [1.807, 2.05) is 35.4 Å². The Balaban J connectivity index is 1.19. The number of likely N-dealkylation sites (tertiary alicyclic amines) is 1. The fourth-order valence-corrected chi connectivity index (χ4v) is 5.01. The van der Waals surface area contributed by atoms with Gasteiger partial charge < -0.3 is 9.32 Å². The number of fused-ring (bicyclic) bond motifs is 1. The summed E-state index contributed by atoms with van der Waals surface area (Å²) >= 11 is 2.85. The normalized spacial score (nSPS) is 14.7. The molecule has 2 amide bonds. The van der Waals surface area contributed by atoms with Crippen LogP contribution in [0.2, 0.25) is 0 Å². The van der Waals surface area contributed by atoms with Gasteiger partial charge in [0.25, 0.3) is 11.8 Å². The molecule has 1 aliphatic heterocycles. The average Bonchev–Trinajstić information content (AvgIpc) is 3.57. The Morgan fingerprint density at radius 1 is 1.25 bits per heavy atom. The third-order valence-electron chi connectivity index (χ3n) is 5.40. The summed E-state index contributed by atoms with van der Waals surface area (Å²) in [5.74, 6) is 0.472. The zero-order valence-electron chi connectivity index (χ0n) is 17.2. The van der Waals surface area contributed by atoms with Crippen LogP contribution in [0.1, 0.15) is 44.8 Å². The van der Waals surface area contributed by atoms with E-state index in [9.17, 15) is 9.59 Å². The van der Waals surface area contributed by atoms with E-state index in [0.29, 0.717) is 41.2 Å². The van der Waals surface area contributed by atoms with Crippen LogP contribution in [0.5, 0.6) is 0 Å². The van der Waals surface area contributed by atoms with Crippen molar-refractivity contribution in [3.05, 3.63) is 52.2 Å². The fraction of sp³-hybridized carbons (Fsp3) is 0.286. The number of thiazole rings is 1. The molecular formula is C21H20N6O3S2. The van der Waals surface area contributed by atoms with Crippen LogP contribution >= 0.6 is 23.1 Å². The van der Waals surface area contributed by atoms with Gasteiger partial charge in [-0.2, -0.15) is 4.98 Å². The molecule has 3 aromatic heterocycles. The number of aromatic amines is 1. The zero-order chi connectivity index (χ0) is 22.1. The van der Waals surface area contributed by atoms with Gasteiger partial charge >= 0.3 is 0 Å². The molecule has 1 fully saturated rings. The Labute approximate surface area is 191 Å². The molecule has 0 unspecified atom stereocenters. The van der Waals surface area contributed by atoms with Crippen molar-refractivity contribution < 1.29 is 14.0 Å². The van der Waals surface area contributed by atoms with Crippen molar-refractivity contribution in [2.45, 2.75) is 23.9 Å². The number of H-pyrrole nitrogens is 1. The van der Waals surface area contributed by atoms with Crippen LogP contribution in [0.3, 0.4) is 0 Å². The molecule has 0 bridgehead atoms. The smallest absolute Gasteiger partial charge is 0.289 e. The number of piperidine rings is 1. The maximum absolute atomic E-state index is 12.9. The van der Waals surface area contributed by atoms with Crippen molar-refractivity contribution in [1.29, 1.82) is 0 Å². The van der Waals surface area contributed by atoms with Gasteiger partial charge in [-0.05, 0) is 31.2 Å². The number of aromatic nitrogens is 4. The van der Waals surface area contributed by atoms with Crippen molar-refractivity contribution in [2.24, 2.45) is 0 Å². The summed E-state index contributed by atoms with van der Waals surface area (Å²) in [6, 6.07) is 9.40. The molecular weight excluding hydrogens is 448 g/mol. The Hall–Kier alpha value is -3.18. The first-order chi connectivity index (χ1) is 15.6. The van der Waals surface area contributed by atoms with Crippen molar-refractivity contribution in [3.8, 4) is 0 Å². The number of nitrogens with zero attached hydrogens (tertiary/aromatic N) is 4. The Kier molecular flexibility index (Phi) is 5.66. The minimum Gasteiger partial charge on any atom is -0.451 e. The molecule has 1 saturated heterocycles. The number of nitrogens with one attached hydrogen (secondary N) is 2. The first kappa shape index (κ1) is 20.7. The van der Waals surface area contributed by atoms with E-state index >= 15 is 0 Å². The highest BCUT2D eigenvalue weighted by molar-refractivity contribution is 7.98. The van der Waals surface area contributed by atoms with E-state index in [1.165, 1.54) is 23.1 Å². The highest BCUT2D eigenvalue weighted by atomic mass is 32.2. The summed E-state index contributed by atoms with van der Waals surface area (Å²) < 4.78 is 5.72. The van der Waals surface area contributed by atoms with Gasteiger partial charge in [0.15, 0.2) is 5.76 Å². The van der Waals surface area contributed by atoms with Crippen LogP contribution in [0.4, 0.5) is 5.95 Å². The second-order valence-electron chi connectivity index (χ2n) is 7.41. The van der Waals surface area contributed by atoms with Gasteiger partial charge in [0.2, 0.25) is 11.1 Å². The van der Waals surface area contributed by atoms with Crippen LogP contribution in [0, 0.1) is 0 Å². The lowest BCUT2D eigenvalue weighted by molar-refractivity contribution is 0.0683. The maximum Gasteiger partial charge on any atom is 0.289 e. The number of furan rings is 1. The van der Waals surface area contributed by atoms with Gasteiger partial charge in [0.1, 0.15) is 11.3 Å². The van der Waals surface area contributed by atoms with Crippen molar-refractivity contribution >= 4 is 51.8 Å². The molecule has 0 radical (unpaired) electrons. The number of carbonyl (C=O) groups excluding carboxylic acids is 2. The Morgan fingerprint density at radius 2 is 2.06 bits per heavy atom. The van der Waals surface area contributed by atoms with Crippen molar-refractivity contribution in [1.82, 2.24) is 25.1 Å². The summed E-state index contributed by atoms with van der Waals surface area (Å²) in [6.07, 6.45) is 3.44. The van der Waals surface area contributed by atoms with Gasteiger partial charge in [-0.25, -0.2) is 10.1 Å². The van der Waals surface area contributed by atoms with Crippen molar-refractivity contribution in [2.75, 3.05) is 24.7 Å². The van der Waals surface area contributed by atoms with Gasteiger partial charge in [-0.15, -0.1) is 16.4 Å². The topological polar surface area (TPSA) is 117 Å². The average molecular weight is 469 g/mol. The lowest BCUT2D eigenvalue weighted by Gasteiger charge is -2.30. The minimum atomic E-state index is -0.325. The Bertz CT molecular complexity index is 1240. The first-order valence-corrected chi connectivity index (χ1v) is 12.2. The van der Waals surface area contributed by atoms with E-state index in [1.54, 1.807) is 11.4 Å². The quantitative estimate of drug-likeness (QED) is 0.425. The highest BCUT2D eigenvalue weighted by Crippen LogP contribution is 2.31. The SMILES string of the molecule is CSc1n[nH]c(NC(=O)c2csc(C3CCN(C(=O)c4cc5ccccc5o4)CC3)n2)n1. The molecule has 0 saturated carbocycles. The first-order valence-electron chi connectivity index (χ1n) is 10.1. The molecule has 11 heteroatoms. The molecule has 32 heavy (non-hydrogen) atoms. The summed E-state index contributed by atoms with van der Waals surface area (Å²) in [4.78, 5) is 35.8. The van der Waals surface area contributed by atoms with Gasteiger partial charge in [-0.3, -0.25) is 14.9 Å². The van der Waals surface area contributed by atoms with Crippen LogP contribution in [0.25, 0.3) is 11.0 Å². The molecule has 1 aliphatic rings. The second-order valence-corrected chi connectivity index (χ2v) is 9.07. The van der Waals surface area contributed by atoms with Crippen LogP contribution in [0.15, 0.2) is 45.3 Å². The van der Waals surface area contributed by atoms with E-state index in [-0.39, 0.29) is 17.7 Å². The lowest BCUT2D eigenvalue weighted by atomic mass is 9.97. The minimum absolute atomic E-state index is 0.0875. The summed E-state index contributed by atoms with van der Waals surface area (Å²) in [5, 5.41) is 13.5. The standard InChI is InChI=1S/C21H20N6O3S2/c1-31-21-24-20(25-26-21)23-17(28)14-11-32-18(22-14)12-6-8-27(9-7-12)19(29)16-10-13-4-2-3-5-15(13)30-16/h2-5,10-12H,6-9H2,1H3,(H2,23,24,25,26,28). The molecule has 0 atom stereocenters. The molecule has 164 valence electrons.